The van der Waals surface area contributed by atoms with E-state index in [1.165, 1.54) is 20.3 Å². The Morgan fingerprint density at radius 2 is 2.14 bits per heavy atom. The van der Waals surface area contributed by atoms with E-state index < -0.39 is 11.6 Å². The minimum absolute atomic E-state index is 0.0817. The zero-order chi connectivity index (χ0) is 10.7. The Hall–Kier alpha value is -1.05. The first-order chi connectivity index (χ1) is 6.60. The summed E-state index contributed by atoms with van der Waals surface area (Å²) < 4.78 is 14.4. The van der Waals surface area contributed by atoms with Crippen molar-refractivity contribution in [2.75, 3.05) is 14.2 Å². The topological polar surface area (TPSA) is 65.7 Å². The van der Waals surface area contributed by atoms with Gasteiger partial charge in [0.2, 0.25) is 11.5 Å². The van der Waals surface area contributed by atoms with Gasteiger partial charge in [-0.25, -0.2) is 9.59 Å². The highest BCUT2D eigenvalue weighted by atomic mass is 127. The highest BCUT2D eigenvalue weighted by Crippen LogP contribution is 2.17. The van der Waals surface area contributed by atoms with Gasteiger partial charge in [-0.2, -0.15) is 0 Å². The quantitative estimate of drug-likeness (QED) is 0.603. The van der Waals surface area contributed by atoms with Crippen molar-refractivity contribution in [2.24, 2.45) is 0 Å². The standard InChI is InChI=1S/C8H7IO5/c1-12-6-4(9)3-5(7(10)13-2)14-8(6)11/h3H,1-2H3. The summed E-state index contributed by atoms with van der Waals surface area (Å²) in [5.41, 5.74) is -0.695. The van der Waals surface area contributed by atoms with Crippen molar-refractivity contribution in [3.8, 4) is 5.75 Å². The summed E-state index contributed by atoms with van der Waals surface area (Å²) in [6.07, 6.45) is 0. The van der Waals surface area contributed by atoms with E-state index in [1.807, 2.05) is 22.6 Å². The van der Waals surface area contributed by atoms with Gasteiger partial charge in [-0.15, -0.1) is 0 Å². The maximum atomic E-state index is 11.2. The van der Waals surface area contributed by atoms with Gasteiger partial charge in [0.1, 0.15) is 0 Å². The summed E-state index contributed by atoms with van der Waals surface area (Å²) in [5, 5.41) is 0. The van der Waals surface area contributed by atoms with Crippen LogP contribution in [0.2, 0.25) is 0 Å². The Morgan fingerprint density at radius 1 is 1.50 bits per heavy atom. The van der Waals surface area contributed by atoms with Crippen molar-refractivity contribution in [3.63, 3.8) is 0 Å². The molecule has 0 amide bonds. The summed E-state index contributed by atoms with van der Waals surface area (Å²) in [4.78, 5) is 22.2. The van der Waals surface area contributed by atoms with E-state index in [1.54, 1.807) is 0 Å². The summed E-state index contributed by atoms with van der Waals surface area (Å²) in [5.74, 6) is -0.747. The van der Waals surface area contributed by atoms with Crippen LogP contribution in [0.4, 0.5) is 0 Å². The fourth-order valence-electron chi connectivity index (χ4n) is 0.836. The molecule has 0 saturated heterocycles. The van der Waals surface area contributed by atoms with Gasteiger partial charge in [0.15, 0.2) is 0 Å². The minimum Gasteiger partial charge on any atom is -0.489 e. The third-order valence-electron chi connectivity index (χ3n) is 1.45. The molecule has 0 atom stereocenters. The van der Waals surface area contributed by atoms with Crippen molar-refractivity contribution >= 4 is 28.6 Å². The molecule has 1 rings (SSSR count). The Morgan fingerprint density at radius 3 is 2.57 bits per heavy atom. The van der Waals surface area contributed by atoms with Crippen LogP contribution < -0.4 is 10.4 Å². The number of hydrogen-bond acceptors (Lipinski definition) is 5. The van der Waals surface area contributed by atoms with E-state index >= 15 is 0 Å². The zero-order valence-corrected chi connectivity index (χ0v) is 9.65. The molecule has 1 aromatic rings. The van der Waals surface area contributed by atoms with Gasteiger partial charge in [-0.05, 0) is 22.6 Å². The van der Waals surface area contributed by atoms with Crippen molar-refractivity contribution in [1.29, 1.82) is 0 Å². The van der Waals surface area contributed by atoms with Crippen molar-refractivity contribution in [1.82, 2.24) is 0 Å². The van der Waals surface area contributed by atoms with Gasteiger partial charge in [0.25, 0.3) is 0 Å². The van der Waals surface area contributed by atoms with Gasteiger partial charge in [0, 0.05) is 6.07 Å². The fraction of sp³-hybridized carbons (Fsp3) is 0.250. The molecular formula is C8H7IO5. The first kappa shape index (κ1) is 11.0. The molecule has 6 heteroatoms. The molecule has 0 aliphatic heterocycles. The molecular weight excluding hydrogens is 303 g/mol. The monoisotopic (exact) mass is 310 g/mol. The second kappa shape index (κ2) is 4.45. The summed E-state index contributed by atoms with van der Waals surface area (Å²) in [6, 6.07) is 1.38. The van der Waals surface area contributed by atoms with E-state index in [9.17, 15) is 9.59 Å². The minimum atomic E-state index is -0.695. The zero-order valence-electron chi connectivity index (χ0n) is 7.50. The maximum Gasteiger partial charge on any atom is 0.380 e. The average molecular weight is 310 g/mol. The van der Waals surface area contributed by atoms with Gasteiger partial charge in [-0.3, -0.25) is 0 Å². The van der Waals surface area contributed by atoms with Crippen LogP contribution in [0.25, 0.3) is 0 Å². The first-order valence-corrected chi connectivity index (χ1v) is 4.64. The molecule has 5 nitrogen and oxygen atoms in total. The van der Waals surface area contributed by atoms with Crippen LogP contribution in [-0.4, -0.2) is 20.2 Å². The first-order valence-electron chi connectivity index (χ1n) is 3.56. The summed E-state index contributed by atoms with van der Waals surface area (Å²) >= 11 is 1.87. The molecule has 0 radical (unpaired) electrons. The van der Waals surface area contributed by atoms with Crippen LogP contribution in [0.1, 0.15) is 10.6 Å². The Kier molecular flexibility index (Phi) is 3.50. The summed E-state index contributed by atoms with van der Waals surface area (Å²) in [7, 11) is 2.56. The number of carbonyl (C=O) groups is 1. The predicted octanol–water partition coefficient (Wildman–Crippen LogP) is 1.04. The van der Waals surface area contributed by atoms with Crippen LogP contribution in [0.3, 0.4) is 0 Å². The third-order valence-corrected chi connectivity index (χ3v) is 2.25. The van der Waals surface area contributed by atoms with E-state index in [0.29, 0.717) is 3.57 Å². The molecule has 0 spiro atoms. The normalized spacial score (nSPS) is 9.64. The molecule has 0 aliphatic rings. The number of rotatable bonds is 2. The fourth-order valence-corrected chi connectivity index (χ4v) is 1.56. The lowest BCUT2D eigenvalue weighted by Gasteiger charge is -2.02. The van der Waals surface area contributed by atoms with E-state index in [0.717, 1.165) is 0 Å². The molecule has 0 fully saturated rings. The molecule has 0 N–H and O–H groups in total. The lowest BCUT2D eigenvalue weighted by molar-refractivity contribution is 0.0558. The highest BCUT2D eigenvalue weighted by Gasteiger charge is 2.15. The predicted molar refractivity (Wildman–Crippen MR) is 55.6 cm³/mol. The molecule has 1 aromatic heterocycles. The van der Waals surface area contributed by atoms with Gasteiger partial charge < -0.3 is 13.9 Å². The van der Waals surface area contributed by atoms with Crippen LogP contribution in [0.5, 0.6) is 5.75 Å². The maximum absolute atomic E-state index is 11.2. The number of methoxy groups -OCH3 is 2. The second-order valence-corrected chi connectivity index (χ2v) is 3.43. The van der Waals surface area contributed by atoms with E-state index in [4.69, 9.17) is 4.74 Å². The largest absolute Gasteiger partial charge is 0.489 e. The van der Waals surface area contributed by atoms with Gasteiger partial charge in [-0.1, -0.05) is 0 Å². The van der Waals surface area contributed by atoms with Crippen molar-refractivity contribution < 1.29 is 18.7 Å². The van der Waals surface area contributed by atoms with Crippen molar-refractivity contribution in [2.45, 2.75) is 0 Å². The molecule has 76 valence electrons. The molecule has 0 bridgehead atoms. The molecule has 0 aliphatic carbocycles. The van der Waals surface area contributed by atoms with Crippen LogP contribution in [0.15, 0.2) is 15.3 Å². The van der Waals surface area contributed by atoms with Crippen molar-refractivity contribution in [3.05, 3.63) is 25.8 Å². The van der Waals surface area contributed by atoms with Gasteiger partial charge in [0.05, 0.1) is 17.8 Å². The Bertz CT molecular complexity index is 409. The highest BCUT2D eigenvalue weighted by molar-refractivity contribution is 14.1. The number of hydrogen-bond donors (Lipinski definition) is 0. The van der Waals surface area contributed by atoms with Crippen LogP contribution >= 0.6 is 22.6 Å². The SMILES string of the molecule is COC(=O)c1cc(I)c(OC)c(=O)o1. The number of ether oxygens (including phenoxy) is 2. The molecule has 1 heterocycles. The smallest absolute Gasteiger partial charge is 0.380 e. The number of halogens is 1. The molecule has 0 saturated carbocycles. The number of carbonyl (C=O) groups excluding carboxylic acids is 1. The summed E-state index contributed by atoms with van der Waals surface area (Å²) in [6.45, 7) is 0. The van der Waals surface area contributed by atoms with Crippen LogP contribution in [-0.2, 0) is 4.74 Å². The molecule has 0 aromatic carbocycles. The van der Waals surface area contributed by atoms with E-state index in [2.05, 4.69) is 9.15 Å². The van der Waals surface area contributed by atoms with Crippen LogP contribution in [0, 0.1) is 3.57 Å². The van der Waals surface area contributed by atoms with E-state index in [-0.39, 0.29) is 11.5 Å². The lowest BCUT2D eigenvalue weighted by Crippen LogP contribution is -2.11. The third kappa shape index (κ3) is 2.06. The average Bonchev–Trinajstić information content (AvgIpc) is 2.16. The lowest BCUT2D eigenvalue weighted by atomic mass is 10.4. The molecule has 0 unspecified atom stereocenters. The second-order valence-electron chi connectivity index (χ2n) is 2.27. The Balaban J connectivity index is 3.28. The molecule has 14 heavy (non-hydrogen) atoms. The van der Waals surface area contributed by atoms with Gasteiger partial charge >= 0.3 is 11.6 Å². The Labute approximate surface area is 93.1 Å². The number of esters is 1.